The maximum atomic E-state index is 13.1. The van der Waals surface area contributed by atoms with Crippen molar-refractivity contribution >= 4 is 45.3 Å². The van der Waals surface area contributed by atoms with E-state index in [9.17, 15) is 30.7 Å². The lowest BCUT2D eigenvalue weighted by molar-refractivity contribution is -0.361. The minimum absolute atomic E-state index is 0.113. The Morgan fingerprint density at radius 1 is 0.967 bits per heavy atom. The Labute approximate surface area is 183 Å². The van der Waals surface area contributed by atoms with Crippen LogP contribution in [0.3, 0.4) is 0 Å². The van der Waals surface area contributed by atoms with Gasteiger partial charge >= 0.3 is 18.1 Å². The number of nitrogens with one attached hydrogen (secondary N) is 1. The first-order valence-corrected chi connectivity index (χ1v) is 9.28. The Morgan fingerprint density at radius 2 is 1.63 bits per heavy atom. The van der Waals surface area contributed by atoms with Crippen LogP contribution in [0.25, 0.3) is 0 Å². The molecule has 0 saturated heterocycles. The fourth-order valence-corrected chi connectivity index (χ4v) is 2.77. The summed E-state index contributed by atoms with van der Waals surface area (Å²) in [6.45, 7) is 0.114. The van der Waals surface area contributed by atoms with Crippen LogP contribution in [0.5, 0.6) is 5.75 Å². The summed E-state index contributed by atoms with van der Waals surface area (Å²) >= 11 is 14.9. The minimum Gasteiger partial charge on any atom is -0.488 e. The molecule has 0 aliphatic carbocycles. The first-order valence-electron chi connectivity index (χ1n) is 7.73. The molecule has 2 aromatic carbocycles. The topological polar surface area (TPSA) is 33.6 Å². The molecule has 0 aromatic heterocycles. The van der Waals surface area contributed by atoms with E-state index < -0.39 is 18.1 Å². The zero-order valence-electron chi connectivity index (χ0n) is 14.4. The van der Waals surface area contributed by atoms with Gasteiger partial charge in [0.2, 0.25) is 0 Å². The van der Waals surface area contributed by atoms with E-state index in [-0.39, 0.29) is 12.2 Å². The first-order chi connectivity index (χ1) is 13.7. The van der Waals surface area contributed by atoms with Crippen molar-refractivity contribution in [1.82, 2.24) is 5.43 Å². The maximum absolute atomic E-state index is 13.1. The number of halogens is 10. The molecule has 0 spiro atoms. The Balaban J connectivity index is 2.03. The number of benzene rings is 2. The van der Waals surface area contributed by atoms with Crippen LogP contribution >= 0.6 is 39.1 Å². The molecule has 0 unspecified atom stereocenters. The van der Waals surface area contributed by atoms with Crippen molar-refractivity contribution in [3.8, 4) is 5.75 Å². The summed E-state index contributed by atoms with van der Waals surface area (Å²) in [6, 6.07) is 3.29. The van der Waals surface area contributed by atoms with Gasteiger partial charge in [0, 0.05) is 0 Å². The number of nitrogens with zero attached hydrogens (tertiary/aromatic N) is 1. The minimum atomic E-state index is -6.45. The third-order valence-electron chi connectivity index (χ3n) is 3.50. The molecule has 0 saturated carbocycles. The highest BCUT2D eigenvalue weighted by Crippen LogP contribution is 2.45. The lowest BCUT2D eigenvalue weighted by Gasteiger charge is -2.27. The average molecular weight is 542 g/mol. The molecule has 0 amide bonds. The average Bonchev–Trinajstić information content (AvgIpc) is 2.62. The number of hydrogen-bond donors (Lipinski definition) is 1. The molecule has 0 aliphatic rings. The first kappa shape index (κ1) is 24.5. The predicted molar refractivity (Wildman–Crippen MR) is 102 cm³/mol. The molecular weight excluding hydrogens is 532 g/mol. The van der Waals surface area contributed by atoms with Crippen molar-refractivity contribution in [3.63, 3.8) is 0 Å². The summed E-state index contributed by atoms with van der Waals surface area (Å²) in [5, 5.41) is 3.49. The summed E-state index contributed by atoms with van der Waals surface area (Å²) in [5.41, 5.74) is 1.36. The second kappa shape index (κ2) is 9.19. The molecule has 0 atom stereocenters. The van der Waals surface area contributed by atoms with Crippen LogP contribution in [0.4, 0.5) is 30.7 Å². The van der Waals surface area contributed by atoms with E-state index in [1.807, 2.05) is 0 Å². The number of rotatable bonds is 7. The lowest BCUT2D eigenvalue weighted by atomic mass is 10.2. The monoisotopic (exact) mass is 540 g/mol. The third-order valence-corrected chi connectivity index (χ3v) is 4.86. The summed E-state index contributed by atoms with van der Waals surface area (Å²) < 4.78 is 93.9. The largest absolute Gasteiger partial charge is 0.488 e. The van der Waals surface area contributed by atoms with E-state index in [4.69, 9.17) is 27.9 Å². The standard InChI is InChI=1S/C17H10BrCl2F7N2O/c18-11-5-9(7-28-29-17(26,27)15(21,22)16(23,24)25)2-4-14(11)30-8-10-1-3-12(19)13(20)6-10/h1-7,29H,8H2/b28-7+. The normalized spacial score (nSPS) is 13.0. The zero-order valence-corrected chi connectivity index (χ0v) is 17.5. The van der Waals surface area contributed by atoms with Crippen LogP contribution in [-0.4, -0.2) is 24.4 Å². The van der Waals surface area contributed by atoms with Gasteiger partial charge in [0.15, 0.2) is 0 Å². The van der Waals surface area contributed by atoms with Gasteiger partial charge in [-0.15, -0.1) is 0 Å². The summed E-state index contributed by atoms with van der Waals surface area (Å²) in [6.07, 6.45) is -5.80. The van der Waals surface area contributed by atoms with Crippen molar-refractivity contribution in [2.24, 2.45) is 5.10 Å². The van der Waals surface area contributed by atoms with Gasteiger partial charge in [-0.25, -0.2) is 5.43 Å². The van der Waals surface area contributed by atoms with Crippen LogP contribution in [0.1, 0.15) is 11.1 Å². The smallest absolute Gasteiger partial charge is 0.462 e. The van der Waals surface area contributed by atoms with Gasteiger partial charge < -0.3 is 4.74 Å². The van der Waals surface area contributed by atoms with Gasteiger partial charge in [-0.3, -0.25) is 0 Å². The fraction of sp³-hybridized carbons (Fsp3) is 0.235. The van der Waals surface area contributed by atoms with E-state index in [1.165, 1.54) is 18.2 Å². The summed E-state index contributed by atoms with van der Waals surface area (Å²) in [5.74, 6) is -5.97. The highest BCUT2D eigenvalue weighted by atomic mass is 79.9. The Hall–Kier alpha value is -1.72. The fourth-order valence-electron chi connectivity index (χ4n) is 1.94. The van der Waals surface area contributed by atoms with Gasteiger partial charge in [0.1, 0.15) is 12.4 Å². The summed E-state index contributed by atoms with van der Waals surface area (Å²) in [4.78, 5) is 0. The van der Waals surface area contributed by atoms with E-state index in [0.717, 1.165) is 0 Å². The third kappa shape index (κ3) is 5.70. The molecule has 0 radical (unpaired) electrons. The van der Waals surface area contributed by atoms with Gasteiger partial charge in [-0.2, -0.15) is 35.8 Å². The van der Waals surface area contributed by atoms with E-state index in [2.05, 4.69) is 21.0 Å². The SMILES string of the molecule is FC(F)(F)C(F)(F)C(F)(F)N/N=C/c1ccc(OCc2ccc(Cl)c(Cl)c2)c(Br)c1. The Morgan fingerprint density at radius 3 is 2.20 bits per heavy atom. The molecule has 0 fully saturated rings. The van der Waals surface area contributed by atoms with Crippen molar-refractivity contribution in [2.75, 3.05) is 0 Å². The van der Waals surface area contributed by atoms with Crippen LogP contribution in [0.2, 0.25) is 10.0 Å². The summed E-state index contributed by atoms with van der Waals surface area (Å²) in [7, 11) is 0. The van der Waals surface area contributed by atoms with Crippen LogP contribution in [0, 0.1) is 0 Å². The molecule has 2 aromatic rings. The second-order valence-electron chi connectivity index (χ2n) is 5.74. The predicted octanol–water partition coefficient (Wildman–Crippen LogP) is 7.05. The Bertz CT molecular complexity index is 939. The molecule has 164 valence electrons. The highest BCUT2D eigenvalue weighted by Gasteiger charge is 2.73. The molecule has 3 nitrogen and oxygen atoms in total. The van der Waals surface area contributed by atoms with E-state index in [1.54, 1.807) is 18.2 Å². The molecular formula is C17H10BrCl2F7N2O. The van der Waals surface area contributed by atoms with Gasteiger partial charge in [0.05, 0.1) is 20.7 Å². The van der Waals surface area contributed by atoms with E-state index in [0.29, 0.717) is 37.5 Å². The van der Waals surface area contributed by atoms with Gasteiger partial charge in [-0.05, 0) is 57.4 Å². The molecule has 0 bridgehead atoms. The molecule has 30 heavy (non-hydrogen) atoms. The van der Waals surface area contributed by atoms with Crippen molar-refractivity contribution in [1.29, 1.82) is 0 Å². The van der Waals surface area contributed by atoms with Crippen LogP contribution in [0.15, 0.2) is 46.0 Å². The van der Waals surface area contributed by atoms with Crippen LogP contribution in [-0.2, 0) is 6.61 Å². The van der Waals surface area contributed by atoms with Crippen LogP contribution < -0.4 is 10.2 Å². The zero-order chi connectivity index (χ0) is 22.7. The quantitative estimate of drug-likeness (QED) is 0.176. The van der Waals surface area contributed by atoms with Crippen molar-refractivity contribution in [2.45, 2.75) is 24.8 Å². The van der Waals surface area contributed by atoms with Crippen molar-refractivity contribution < 1.29 is 35.5 Å². The molecule has 0 aliphatic heterocycles. The molecule has 13 heteroatoms. The van der Waals surface area contributed by atoms with Crippen molar-refractivity contribution in [3.05, 3.63) is 62.0 Å². The lowest BCUT2D eigenvalue weighted by Crippen LogP contribution is -2.58. The number of hydrogen-bond acceptors (Lipinski definition) is 3. The molecule has 0 heterocycles. The molecule has 2 rings (SSSR count). The second-order valence-corrected chi connectivity index (χ2v) is 7.41. The van der Waals surface area contributed by atoms with Gasteiger partial charge in [0.25, 0.3) is 0 Å². The molecule has 1 N–H and O–H groups in total. The Kier molecular flexibility index (Phi) is 7.52. The van der Waals surface area contributed by atoms with E-state index >= 15 is 0 Å². The van der Waals surface area contributed by atoms with Gasteiger partial charge in [-0.1, -0.05) is 29.3 Å². The highest BCUT2D eigenvalue weighted by molar-refractivity contribution is 9.10. The number of alkyl halides is 7. The maximum Gasteiger partial charge on any atom is 0.462 e. The number of ether oxygens (including phenoxy) is 1. The number of hydrazone groups is 1.